The molecule has 0 unspecified atom stereocenters. The summed E-state index contributed by atoms with van der Waals surface area (Å²) in [5, 5.41) is 3.39. The summed E-state index contributed by atoms with van der Waals surface area (Å²) in [6.07, 6.45) is 2.43. The maximum Gasteiger partial charge on any atom is 0.233 e. The lowest BCUT2D eigenvalue weighted by molar-refractivity contribution is -0.544. The molecule has 3 heteroatoms. The van der Waals surface area contributed by atoms with Gasteiger partial charge in [0, 0.05) is 5.10 Å². The molecule has 1 aliphatic rings. The van der Waals surface area contributed by atoms with Crippen molar-refractivity contribution in [1.29, 1.82) is 0 Å². The van der Waals surface area contributed by atoms with E-state index >= 15 is 0 Å². The van der Waals surface area contributed by atoms with Crippen molar-refractivity contribution in [2.24, 2.45) is 5.10 Å². The molecule has 0 N–H and O–H groups in total. The molecule has 1 aliphatic heterocycles. The molecule has 1 rings (SSSR count). The first-order chi connectivity index (χ1) is 2.89. The zero-order chi connectivity index (χ0) is 4.41. The lowest BCUT2D eigenvalue weighted by atomic mass is 10.5. The predicted molar refractivity (Wildman–Crippen MR) is 21.6 cm³/mol. The smallest absolute Gasteiger partial charge is 0.0370 e. The van der Waals surface area contributed by atoms with Gasteiger partial charge in [0.1, 0.15) is 4.87 Å². The number of hydrazone groups is 1. The third-order valence-corrected chi connectivity index (χ3v) is 0.660. The zero-order valence-corrected chi connectivity index (χ0v) is 3.29. The summed E-state index contributed by atoms with van der Waals surface area (Å²) >= 11 is 0. The summed E-state index contributed by atoms with van der Waals surface area (Å²) in [4.78, 5) is 10.6. The van der Waals surface area contributed by atoms with Crippen molar-refractivity contribution in [3.8, 4) is 0 Å². The van der Waals surface area contributed by atoms with E-state index in [0.29, 0.717) is 11.4 Å². The molecule has 32 valence electrons. The van der Waals surface area contributed by atoms with Gasteiger partial charge < -0.3 is 0 Å². The van der Waals surface area contributed by atoms with Crippen molar-refractivity contribution in [1.82, 2.24) is 0 Å². The minimum atomic E-state index is 0.542. The molecule has 3 nitrogen and oxygen atoms in total. The van der Waals surface area contributed by atoms with Crippen molar-refractivity contribution in [3.05, 3.63) is 4.91 Å². The minimum absolute atomic E-state index is 0.542. The van der Waals surface area contributed by atoms with Gasteiger partial charge in [-0.15, -0.1) is 0 Å². The van der Waals surface area contributed by atoms with Crippen LogP contribution in [-0.4, -0.2) is 17.6 Å². The van der Waals surface area contributed by atoms with Crippen molar-refractivity contribution in [3.63, 3.8) is 0 Å². The van der Waals surface area contributed by atoms with E-state index in [0.717, 1.165) is 6.42 Å². The Kier molecular flexibility index (Phi) is 0.670. The molecule has 0 aromatic rings. The van der Waals surface area contributed by atoms with Crippen molar-refractivity contribution in [2.45, 2.75) is 6.42 Å². The van der Waals surface area contributed by atoms with Crippen molar-refractivity contribution >= 4 is 6.21 Å². The van der Waals surface area contributed by atoms with Crippen LogP contribution >= 0.6 is 0 Å². The zero-order valence-electron chi connectivity index (χ0n) is 3.29. The third-order valence-electron chi connectivity index (χ3n) is 0.660. The molecule has 0 saturated heterocycles. The molecular formula is C3H5N2O+. The monoisotopic (exact) mass is 85.0 g/mol. The first-order valence-electron chi connectivity index (χ1n) is 1.87. The largest absolute Gasteiger partial charge is 0.233 e. The molecule has 0 aliphatic carbocycles. The van der Waals surface area contributed by atoms with Crippen LogP contribution in [0.25, 0.3) is 0 Å². The number of rotatable bonds is 0. The van der Waals surface area contributed by atoms with Gasteiger partial charge >= 0.3 is 0 Å². The second-order valence-corrected chi connectivity index (χ2v) is 1.16. The van der Waals surface area contributed by atoms with Crippen LogP contribution in [0.5, 0.6) is 0 Å². The Morgan fingerprint density at radius 3 is 2.83 bits per heavy atom. The Labute approximate surface area is 35.2 Å². The maximum absolute atomic E-state index is 9.96. The molecule has 6 heavy (non-hydrogen) atoms. The molecule has 0 atom stereocenters. The topological polar surface area (TPSA) is 32.4 Å². The van der Waals surface area contributed by atoms with Crippen LogP contribution in [0.2, 0.25) is 0 Å². The highest BCUT2D eigenvalue weighted by molar-refractivity contribution is 5.57. The highest BCUT2D eigenvalue weighted by Gasteiger charge is 2.09. The van der Waals surface area contributed by atoms with Gasteiger partial charge in [0.05, 0.1) is 17.5 Å². The Morgan fingerprint density at radius 2 is 2.67 bits per heavy atom. The quantitative estimate of drug-likeness (QED) is 0.385. The summed E-state index contributed by atoms with van der Waals surface area (Å²) in [6.45, 7) is 0.542. The molecule has 0 aromatic heterocycles. The molecular weight excluding hydrogens is 80.0 g/mol. The van der Waals surface area contributed by atoms with Crippen LogP contribution < -0.4 is 0 Å². The Bertz CT molecular complexity index is 97.0. The minimum Gasteiger partial charge on any atom is 0.0370 e. The van der Waals surface area contributed by atoms with Gasteiger partial charge in [0.2, 0.25) is 6.54 Å². The van der Waals surface area contributed by atoms with E-state index in [4.69, 9.17) is 0 Å². The second kappa shape index (κ2) is 1.16. The molecule has 0 saturated carbocycles. The van der Waals surface area contributed by atoms with E-state index in [1.54, 1.807) is 6.21 Å². The fourth-order valence-corrected chi connectivity index (χ4v) is 0.375. The van der Waals surface area contributed by atoms with Crippen LogP contribution in [0.15, 0.2) is 5.10 Å². The first kappa shape index (κ1) is 3.46. The summed E-state index contributed by atoms with van der Waals surface area (Å²) in [5.41, 5.74) is 0. The average Bonchev–Trinajstić information content (AvgIpc) is 1.86. The molecule has 0 bridgehead atoms. The van der Waals surface area contributed by atoms with E-state index in [1.165, 1.54) is 0 Å². The molecule has 1 heterocycles. The van der Waals surface area contributed by atoms with Gasteiger partial charge in [-0.1, -0.05) is 0 Å². The van der Waals surface area contributed by atoms with Gasteiger partial charge in [-0.2, -0.15) is 0 Å². The van der Waals surface area contributed by atoms with Gasteiger partial charge in [-0.05, 0) is 0 Å². The van der Waals surface area contributed by atoms with E-state index in [1.807, 2.05) is 0 Å². The van der Waals surface area contributed by atoms with Gasteiger partial charge in [0.25, 0.3) is 0 Å². The van der Waals surface area contributed by atoms with Gasteiger partial charge in [-0.3, -0.25) is 0 Å². The highest BCUT2D eigenvalue weighted by Crippen LogP contribution is 1.86. The second-order valence-electron chi connectivity index (χ2n) is 1.16. The summed E-state index contributed by atoms with van der Waals surface area (Å²) in [5.74, 6) is 0. The lowest BCUT2D eigenvalue weighted by Gasteiger charge is -1.59. The first-order valence-corrected chi connectivity index (χ1v) is 1.87. The number of hydrogen-bond acceptors (Lipinski definition) is 1. The molecule has 0 aromatic carbocycles. The molecule has 0 spiro atoms. The van der Waals surface area contributed by atoms with Crippen LogP contribution in [0.3, 0.4) is 0 Å². The standard InChI is InChI=1S/C3H5N2O/c6-5-3-1-2-4-5/h2H,1,3H2/q+1. The van der Waals surface area contributed by atoms with Crippen LogP contribution in [0, 0.1) is 4.91 Å². The number of nitroso groups, excluding NO2 is 1. The Morgan fingerprint density at radius 1 is 1.83 bits per heavy atom. The SMILES string of the molecule is O=[N+]1CCC=N1. The van der Waals surface area contributed by atoms with Gasteiger partial charge in [-0.25, -0.2) is 0 Å². The number of hydrogen-bond donors (Lipinski definition) is 0. The summed E-state index contributed by atoms with van der Waals surface area (Å²) < 4.78 is 0. The summed E-state index contributed by atoms with van der Waals surface area (Å²) in [6, 6.07) is 0. The van der Waals surface area contributed by atoms with E-state index in [9.17, 15) is 4.91 Å². The van der Waals surface area contributed by atoms with Gasteiger partial charge in [0.15, 0.2) is 0 Å². The highest BCUT2D eigenvalue weighted by atomic mass is 16.3. The van der Waals surface area contributed by atoms with Crippen LogP contribution in [-0.2, 0) is 0 Å². The fraction of sp³-hybridized carbons (Fsp3) is 0.667. The maximum atomic E-state index is 9.96. The van der Waals surface area contributed by atoms with E-state index < -0.39 is 0 Å². The fourth-order valence-electron chi connectivity index (χ4n) is 0.375. The lowest BCUT2D eigenvalue weighted by Crippen LogP contribution is -1.90. The van der Waals surface area contributed by atoms with E-state index in [-0.39, 0.29) is 0 Å². The summed E-state index contributed by atoms with van der Waals surface area (Å²) in [7, 11) is 0. The normalized spacial score (nSPS) is 19.7. The Hall–Kier alpha value is -0.730. The Balaban J connectivity index is 2.59. The van der Waals surface area contributed by atoms with Crippen LogP contribution in [0.4, 0.5) is 0 Å². The molecule has 0 radical (unpaired) electrons. The average molecular weight is 85.1 g/mol. The number of nitrogens with zero attached hydrogens (tertiary/aromatic N) is 2. The molecule has 0 fully saturated rings. The van der Waals surface area contributed by atoms with Crippen molar-refractivity contribution < 1.29 is 4.87 Å². The van der Waals surface area contributed by atoms with Crippen LogP contribution in [0.1, 0.15) is 6.42 Å². The van der Waals surface area contributed by atoms with Crippen molar-refractivity contribution in [2.75, 3.05) is 6.54 Å². The third kappa shape index (κ3) is 0.429. The predicted octanol–water partition coefficient (Wildman–Crippen LogP) is 0.155. The van der Waals surface area contributed by atoms with E-state index in [2.05, 4.69) is 5.10 Å². The molecule has 0 amide bonds.